The third-order valence-corrected chi connectivity index (χ3v) is 9.47. The van der Waals surface area contributed by atoms with Gasteiger partial charge in [0.1, 0.15) is 23.8 Å². The minimum Gasteiger partial charge on any atom is -0.489 e. The zero-order chi connectivity index (χ0) is 28.2. The van der Waals surface area contributed by atoms with Crippen molar-refractivity contribution in [3.63, 3.8) is 0 Å². The number of nitrogens with zero attached hydrogens (tertiary/aromatic N) is 1. The van der Waals surface area contributed by atoms with Crippen LogP contribution in [0.25, 0.3) is 11.3 Å². The number of aromatic nitrogens is 1. The van der Waals surface area contributed by atoms with Crippen molar-refractivity contribution in [3.8, 4) is 17.0 Å². The van der Waals surface area contributed by atoms with Gasteiger partial charge in [-0.05, 0) is 73.6 Å². The number of ether oxygens (including phenoxy) is 1. The van der Waals surface area contributed by atoms with E-state index in [9.17, 15) is 13.5 Å². The molecular weight excluding hydrogens is 595 g/mol. The van der Waals surface area contributed by atoms with Crippen LogP contribution in [0.1, 0.15) is 60.0 Å². The van der Waals surface area contributed by atoms with Crippen LogP contribution in [0.4, 0.5) is 0 Å². The number of benzene rings is 3. The second kappa shape index (κ2) is 10.4. The Kier molecular flexibility index (Phi) is 7.14. The van der Waals surface area contributed by atoms with Gasteiger partial charge in [-0.25, -0.2) is 13.6 Å². The molecule has 6 rings (SSSR count). The van der Waals surface area contributed by atoms with Crippen LogP contribution in [-0.4, -0.2) is 18.7 Å². The summed E-state index contributed by atoms with van der Waals surface area (Å²) in [7, 11) is -3.80. The Bertz CT molecular complexity index is 1690. The van der Waals surface area contributed by atoms with Crippen molar-refractivity contribution in [2.45, 2.75) is 54.6 Å². The molecule has 2 saturated carbocycles. The van der Waals surface area contributed by atoms with Crippen LogP contribution < -0.4 is 9.88 Å². The van der Waals surface area contributed by atoms with Crippen molar-refractivity contribution in [2.24, 2.45) is 5.14 Å². The Morgan fingerprint density at radius 1 is 0.975 bits per heavy atom. The monoisotopic (exact) mass is 618 g/mol. The summed E-state index contributed by atoms with van der Waals surface area (Å²) in [4.78, 5) is 0.0533. The number of halogens is 3. The SMILES string of the molecule is NS(=O)(=O)c1cccc([C@H]2C[C@@](O)(c3ccc(OCc4c(-c5c(Cl)cccc5Cl)noc4C4CC4)cc3Cl)C2)c1. The van der Waals surface area contributed by atoms with E-state index >= 15 is 0 Å². The molecule has 3 aromatic carbocycles. The first-order valence-electron chi connectivity index (χ1n) is 12.7. The van der Waals surface area contributed by atoms with Gasteiger partial charge in [-0.15, -0.1) is 0 Å². The van der Waals surface area contributed by atoms with E-state index in [0.29, 0.717) is 56.4 Å². The maximum atomic E-state index is 11.7. The number of nitrogens with two attached hydrogens (primary N) is 1. The summed E-state index contributed by atoms with van der Waals surface area (Å²) in [5.41, 5.74) is 2.21. The van der Waals surface area contributed by atoms with Gasteiger partial charge in [0.15, 0.2) is 0 Å². The molecule has 3 N–H and O–H groups in total. The molecule has 40 heavy (non-hydrogen) atoms. The Morgan fingerprint density at radius 3 is 2.33 bits per heavy atom. The molecule has 2 aliphatic rings. The molecule has 4 aromatic rings. The number of sulfonamides is 1. The van der Waals surface area contributed by atoms with Gasteiger partial charge in [0.05, 0.1) is 31.1 Å². The van der Waals surface area contributed by atoms with Crippen LogP contribution in [-0.2, 0) is 22.2 Å². The third-order valence-electron chi connectivity index (χ3n) is 7.62. The number of hydrogen-bond donors (Lipinski definition) is 2. The number of rotatable bonds is 8. The number of hydrogen-bond acceptors (Lipinski definition) is 6. The molecule has 1 heterocycles. The fraction of sp³-hybridized carbons (Fsp3) is 0.276. The van der Waals surface area contributed by atoms with E-state index in [1.54, 1.807) is 48.5 Å². The second-order valence-corrected chi connectivity index (χ2v) is 13.2. The normalized spacial score (nSPS) is 20.8. The van der Waals surface area contributed by atoms with Crippen molar-refractivity contribution in [1.82, 2.24) is 5.16 Å². The lowest BCUT2D eigenvalue weighted by atomic mass is 9.65. The zero-order valence-corrected chi connectivity index (χ0v) is 24.2. The Labute approximate surface area is 246 Å². The van der Waals surface area contributed by atoms with E-state index < -0.39 is 15.6 Å². The van der Waals surface area contributed by atoms with Gasteiger partial charge < -0.3 is 14.4 Å². The highest BCUT2D eigenvalue weighted by Gasteiger charge is 2.46. The van der Waals surface area contributed by atoms with Crippen molar-refractivity contribution in [2.75, 3.05) is 0 Å². The lowest BCUT2D eigenvalue weighted by molar-refractivity contribution is -0.0549. The van der Waals surface area contributed by atoms with Gasteiger partial charge >= 0.3 is 0 Å². The summed E-state index contributed by atoms with van der Waals surface area (Å²) in [6.45, 7) is 0.175. The van der Waals surface area contributed by atoms with Gasteiger partial charge in [-0.1, -0.05) is 64.2 Å². The average molecular weight is 620 g/mol. The van der Waals surface area contributed by atoms with Gasteiger partial charge in [-0.3, -0.25) is 0 Å². The lowest BCUT2D eigenvalue weighted by Gasteiger charge is -2.44. The summed E-state index contributed by atoms with van der Waals surface area (Å²) in [6.07, 6.45) is 2.83. The van der Waals surface area contributed by atoms with Crippen molar-refractivity contribution >= 4 is 44.8 Å². The predicted octanol–water partition coefficient (Wildman–Crippen LogP) is 7.17. The first-order valence-corrected chi connectivity index (χ1v) is 15.4. The van der Waals surface area contributed by atoms with E-state index in [1.807, 2.05) is 6.07 Å². The molecule has 1 aromatic heterocycles. The summed E-state index contributed by atoms with van der Waals surface area (Å²) in [5.74, 6) is 1.56. The average Bonchev–Trinajstić information content (AvgIpc) is 3.65. The maximum Gasteiger partial charge on any atom is 0.238 e. The first-order chi connectivity index (χ1) is 19.0. The first kappa shape index (κ1) is 27.6. The quantitative estimate of drug-likeness (QED) is 0.216. The highest BCUT2D eigenvalue weighted by molar-refractivity contribution is 7.89. The van der Waals surface area contributed by atoms with E-state index in [0.717, 1.165) is 29.7 Å². The molecule has 2 aliphatic carbocycles. The van der Waals surface area contributed by atoms with Crippen LogP contribution in [0.15, 0.2) is 70.1 Å². The summed E-state index contributed by atoms with van der Waals surface area (Å²) in [6, 6.07) is 17.0. The predicted molar refractivity (Wildman–Crippen MR) is 153 cm³/mol. The van der Waals surface area contributed by atoms with Crippen LogP contribution in [0.3, 0.4) is 0 Å². The molecule has 0 radical (unpaired) electrons. The van der Waals surface area contributed by atoms with Gasteiger partial charge in [-0.2, -0.15) is 0 Å². The lowest BCUT2D eigenvalue weighted by Crippen LogP contribution is -2.40. The standard InChI is InChI=1S/C29H25Cl3N2O5S/c30-23-5-2-6-24(31)26(23)27-21(28(39-34-27)16-7-8-16)15-38-19-9-10-22(25(32)12-19)29(35)13-18(14-29)17-3-1-4-20(11-17)40(33,36)37/h1-6,9-12,16,18,35H,7-8,13-15H2,(H2,33,36,37)/t18-,29-. The molecule has 0 bridgehead atoms. The highest BCUT2D eigenvalue weighted by atomic mass is 35.5. The zero-order valence-electron chi connectivity index (χ0n) is 21.1. The van der Waals surface area contributed by atoms with Crippen molar-refractivity contribution in [3.05, 3.63) is 98.2 Å². The minimum absolute atomic E-state index is 0.0248. The minimum atomic E-state index is -3.80. The topological polar surface area (TPSA) is 116 Å². The van der Waals surface area contributed by atoms with Crippen LogP contribution >= 0.6 is 34.8 Å². The van der Waals surface area contributed by atoms with Crippen LogP contribution in [0.5, 0.6) is 5.75 Å². The number of primary sulfonamides is 1. The fourth-order valence-electron chi connectivity index (χ4n) is 5.32. The molecule has 7 nitrogen and oxygen atoms in total. The molecule has 0 atom stereocenters. The second-order valence-electron chi connectivity index (χ2n) is 10.4. The van der Waals surface area contributed by atoms with Crippen molar-refractivity contribution < 1.29 is 22.8 Å². The molecule has 0 aliphatic heterocycles. The van der Waals surface area contributed by atoms with E-state index in [-0.39, 0.29) is 17.4 Å². The Morgan fingerprint density at radius 2 is 1.68 bits per heavy atom. The molecule has 0 unspecified atom stereocenters. The molecule has 208 valence electrons. The summed E-state index contributed by atoms with van der Waals surface area (Å²) < 4.78 is 35.3. The summed E-state index contributed by atoms with van der Waals surface area (Å²) >= 11 is 19.5. The van der Waals surface area contributed by atoms with Gasteiger partial charge in [0.25, 0.3) is 0 Å². The molecule has 2 fully saturated rings. The largest absolute Gasteiger partial charge is 0.489 e. The highest BCUT2D eigenvalue weighted by Crippen LogP contribution is 2.53. The molecule has 11 heteroatoms. The molecule has 0 amide bonds. The molecule has 0 saturated heterocycles. The third kappa shape index (κ3) is 5.24. The Hall–Kier alpha value is -2.59. The fourth-order valence-corrected chi connectivity index (χ4v) is 6.81. The Balaban J connectivity index is 1.19. The molecule has 0 spiro atoms. The van der Waals surface area contributed by atoms with E-state index in [1.165, 1.54) is 6.07 Å². The van der Waals surface area contributed by atoms with Gasteiger partial charge in [0, 0.05) is 17.0 Å². The maximum absolute atomic E-state index is 11.7. The van der Waals surface area contributed by atoms with Crippen molar-refractivity contribution in [1.29, 1.82) is 0 Å². The molecular formula is C29H25Cl3N2O5S. The van der Waals surface area contributed by atoms with Gasteiger partial charge in [0.2, 0.25) is 10.0 Å². The smallest absolute Gasteiger partial charge is 0.238 e. The van der Waals surface area contributed by atoms with Crippen LogP contribution in [0, 0.1) is 0 Å². The van der Waals surface area contributed by atoms with E-state index in [2.05, 4.69) is 5.16 Å². The van der Waals surface area contributed by atoms with E-state index in [4.69, 9.17) is 49.2 Å². The summed E-state index contributed by atoms with van der Waals surface area (Å²) in [5, 5.41) is 22.2. The number of aliphatic hydroxyl groups is 1. The van der Waals surface area contributed by atoms with Crippen LogP contribution in [0.2, 0.25) is 15.1 Å².